The van der Waals surface area contributed by atoms with Gasteiger partial charge in [-0.1, -0.05) is 24.3 Å². The first kappa shape index (κ1) is 20.6. The van der Waals surface area contributed by atoms with Gasteiger partial charge in [-0.05, 0) is 61.0 Å². The maximum atomic E-state index is 12.6. The molecule has 0 aliphatic carbocycles. The van der Waals surface area contributed by atoms with Crippen molar-refractivity contribution < 1.29 is 18.0 Å². The predicted octanol–water partition coefficient (Wildman–Crippen LogP) is 3.87. The molecule has 1 saturated heterocycles. The highest BCUT2D eigenvalue weighted by Crippen LogP contribution is 2.23. The lowest BCUT2D eigenvalue weighted by Gasteiger charge is -2.16. The molecule has 0 spiro atoms. The summed E-state index contributed by atoms with van der Waals surface area (Å²) >= 11 is 0. The van der Waals surface area contributed by atoms with Gasteiger partial charge in [0, 0.05) is 29.9 Å². The van der Waals surface area contributed by atoms with E-state index in [0.717, 1.165) is 12.1 Å². The zero-order valence-electron chi connectivity index (χ0n) is 16.6. The molecule has 31 heavy (non-hydrogen) atoms. The summed E-state index contributed by atoms with van der Waals surface area (Å²) in [6.45, 7) is 0.691. The molecule has 2 N–H and O–H groups in total. The Labute approximate surface area is 180 Å². The third-order valence-corrected chi connectivity index (χ3v) is 6.34. The Morgan fingerprint density at radius 3 is 2.26 bits per heavy atom. The second-order valence-corrected chi connectivity index (χ2v) is 8.83. The van der Waals surface area contributed by atoms with Crippen LogP contribution in [0.2, 0.25) is 0 Å². The molecule has 1 aliphatic heterocycles. The van der Waals surface area contributed by atoms with Crippen LogP contribution in [0.4, 0.5) is 17.1 Å². The molecular formula is C23H21N3O4S. The predicted molar refractivity (Wildman–Crippen MR) is 120 cm³/mol. The fourth-order valence-corrected chi connectivity index (χ4v) is 4.46. The van der Waals surface area contributed by atoms with Crippen LogP contribution in [0.5, 0.6) is 0 Å². The Morgan fingerprint density at radius 1 is 0.871 bits per heavy atom. The number of amides is 2. The molecule has 8 heteroatoms. The molecule has 158 valence electrons. The van der Waals surface area contributed by atoms with E-state index in [-0.39, 0.29) is 16.7 Å². The van der Waals surface area contributed by atoms with E-state index >= 15 is 0 Å². The molecule has 2 amide bonds. The number of nitrogens with zero attached hydrogens (tertiary/aromatic N) is 1. The lowest BCUT2D eigenvalue weighted by Crippen LogP contribution is -2.23. The lowest BCUT2D eigenvalue weighted by atomic mass is 10.1. The maximum Gasteiger partial charge on any atom is 0.261 e. The molecule has 0 unspecified atom stereocenters. The van der Waals surface area contributed by atoms with Gasteiger partial charge in [0.15, 0.2) is 0 Å². The van der Waals surface area contributed by atoms with Crippen molar-refractivity contribution in [1.82, 2.24) is 0 Å². The highest BCUT2D eigenvalue weighted by molar-refractivity contribution is 7.92. The van der Waals surface area contributed by atoms with Gasteiger partial charge in [0.05, 0.1) is 10.6 Å². The minimum Gasteiger partial charge on any atom is -0.322 e. The molecule has 0 radical (unpaired) electrons. The van der Waals surface area contributed by atoms with Crippen molar-refractivity contribution >= 4 is 38.9 Å². The van der Waals surface area contributed by atoms with Crippen molar-refractivity contribution in [3.63, 3.8) is 0 Å². The van der Waals surface area contributed by atoms with Crippen molar-refractivity contribution in [3.05, 3.63) is 84.4 Å². The summed E-state index contributed by atoms with van der Waals surface area (Å²) in [6, 6.07) is 21.4. The second-order valence-electron chi connectivity index (χ2n) is 7.15. The Morgan fingerprint density at radius 2 is 1.58 bits per heavy atom. The fraction of sp³-hybridized carbons (Fsp3) is 0.130. The molecular weight excluding hydrogens is 414 g/mol. The van der Waals surface area contributed by atoms with Crippen LogP contribution in [0.25, 0.3) is 0 Å². The summed E-state index contributed by atoms with van der Waals surface area (Å²) in [5.41, 5.74) is 2.00. The highest BCUT2D eigenvalue weighted by Gasteiger charge is 2.21. The molecule has 1 heterocycles. The molecule has 1 aliphatic rings. The third kappa shape index (κ3) is 4.75. The van der Waals surface area contributed by atoms with E-state index in [1.54, 1.807) is 71.6 Å². The van der Waals surface area contributed by atoms with Crippen molar-refractivity contribution in [2.75, 3.05) is 21.5 Å². The summed E-state index contributed by atoms with van der Waals surface area (Å²) in [7, 11) is -3.72. The van der Waals surface area contributed by atoms with Gasteiger partial charge < -0.3 is 10.2 Å². The molecule has 3 aromatic rings. The SMILES string of the molecule is O=C(Nc1cccc(NS(=O)(=O)c2ccccc2)c1)c1ccc(N2CCCC2=O)cc1. The van der Waals surface area contributed by atoms with E-state index < -0.39 is 10.0 Å². The number of sulfonamides is 1. The third-order valence-electron chi connectivity index (χ3n) is 4.94. The van der Waals surface area contributed by atoms with Gasteiger partial charge in [-0.2, -0.15) is 0 Å². The molecule has 0 atom stereocenters. The van der Waals surface area contributed by atoms with Gasteiger partial charge >= 0.3 is 0 Å². The number of benzene rings is 3. The quantitative estimate of drug-likeness (QED) is 0.614. The molecule has 0 saturated carbocycles. The Balaban J connectivity index is 1.45. The van der Waals surface area contributed by atoms with Gasteiger partial charge in [-0.15, -0.1) is 0 Å². The maximum absolute atomic E-state index is 12.6. The molecule has 0 bridgehead atoms. The van der Waals surface area contributed by atoms with Crippen LogP contribution < -0.4 is 14.9 Å². The van der Waals surface area contributed by atoms with Crippen LogP contribution in [-0.2, 0) is 14.8 Å². The monoisotopic (exact) mass is 435 g/mol. The molecule has 0 aromatic heterocycles. The first-order chi connectivity index (χ1) is 14.9. The fourth-order valence-electron chi connectivity index (χ4n) is 3.39. The van der Waals surface area contributed by atoms with Gasteiger partial charge in [0.25, 0.3) is 15.9 Å². The zero-order valence-corrected chi connectivity index (χ0v) is 17.4. The van der Waals surface area contributed by atoms with E-state index in [9.17, 15) is 18.0 Å². The average molecular weight is 436 g/mol. The van der Waals surface area contributed by atoms with E-state index in [0.29, 0.717) is 29.9 Å². The van der Waals surface area contributed by atoms with E-state index in [4.69, 9.17) is 0 Å². The molecule has 1 fully saturated rings. The summed E-state index contributed by atoms with van der Waals surface area (Å²) in [6.07, 6.45) is 1.39. The average Bonchev–Trinajstić information content (AvgIpc) is 3.20. The van der Waals surface area contributed by atoms with Gasteiger partial charge in [-0.3, -0.25) is 14.3 Å². The van der Waals surface area contributed by atoms with Crippen LogP contribution >= 0.6 is 0 Å². The first-order valence-electron chi connectivity index (χ1n) is 9.82. The number of anilines is 3. The Bertz CT molecular complexity index is 1210. The number of hydrogen-bond acceptors (Lipinski definition) is 4. The van der Waals surface area contributed by atoms with E-state index in [1.807, 2.05) is 0 Å². The number of carbonyl (C=O) groups is 2. The number of carbonyl (C=O) groups excluding carboxylic acids is 2. The summed E-state index contributed by atoms with van der Waals surface area (Å²) in [5, 5.41) is 2.77. The molecule has 4 rings (SSSR count). The molecule has 7 nitrogen and oxygen atoms in total. The Kier molecular flexibility index (Phi) is 5.73. The van der Waals surface area contributed by atoms with Crippen LogP contribution in [-0.4, -0.2) is 26.8 Å². The number of hydrogen-bond donors (Lipinski definition) is 2. The van der Waals surface area contributed by atoms with Crippen molar-refractivity contribution in [1.29, 1.82) is 0 Å². The first-order valence-corrected chi connectivity index (χ1v) is 11.3. The topological polar surface area (TPSA) is 95.6 Å². The van der Waals surface area contributed by atoms with Crippen molar-refractivity contribution in [3.8, 4) is 0 Å². The minimum atomic E-state index is -3.72. The molecule has 3 aromatic carbocycles. The van der Waals surface area contributed by atoms with Gasteiger partial charge in [-0.25, -0.2) is 8.42 Å². The van der Waals surface area contributed by atoms with Gasteiger partial charge in [0.2, 0.25) is 5.91 Å². The lowest BCUT2D eigenvalue weighted by molar-refractivity contribution is -0.117. The summed E-state index contributed by atoms with van der Waals surface area (Å²) in [4.78, 5) is 26.3. The van der Waals surface area contributed by atoms with Gasteiger partial charge in [0.1, 0.15) is 0 Å². The second kappa shape index (κ2) is 8.61. The Hall–Kier alpha value is -3.65. The smallest absolute Gasteiger partial charge is 0.261 e. The summed E-state index contributed by atoms with van der Waals surface area (Å²) in [5.74, 6) is -0.241. The summed E-state index contributed by atoms with van der Waals surface area (Å²) < 4.78 is 27.5. The normalized spacial score (nSPS) is 13.8. The van der Waals surface area contributed by atoms with Crippen LogP contribution in [0.15, 0.2) is 83.8 Å². The van der Waals surface area contributed by atoms with Crippen LogP contribution in [0.3, 0.4) is 0 Å². The largest absolute Gasteiger partial charge is 0.322 e. The van der Waals surface area contributed by atoms with E-state index in [2.05, 4.69) is 10.0 Å². The highest BCUT2D eigenvalue weighted by atomic mass is 32.2. The standard InChI is InChI=1S/C23H21N3O4S/c27-22-10-5-15-26(22)20-13-11-17(12-14-20)23(28)24-18-6-4-7-19(16-18)25-31(29,30)21-8-2-1-3-9-21/h1-4,6-9,11-14,16,25H,5,10,15H2,(H,24,28). The number of nitrogens with one attached hydrogen (secondary N) is 2. The number of rotatable bonds is 6. The van der Waals surface area contributed by atoms with Crippen LogP contribution in [0, 0.1) is 0 Å². The minimum absolute atomic E-state index is 0.0898. The van der Waals surface area contributed by atoms with Crippen LogP contribution in [0.1, 0.15) is 23.2 Å². The zero-order chi connectivity index (χ0) is 21.8. The van der Waals surface area contributed by atoms with Crippen molar-refractivity contribution in [2.24, 2.45) is 0 Å². The van der Waals surface area contributed by atoms with E-state index in [1.165, 1.54) is 12.1 Å². The van der Waals surface area contributed by atoms with Crippen molar-refractivity contribution in [2.45, 2.75) is 17.7 Å².